The molecule has 1 heterocycles. The third-order valence-corrected chi connectivity index (χ3v) is 8.79. The molecule has 0 bridgehead atoms. The molecule has 1 saturated heterocycles. The maximum Gasteiger partial charge on any atom is 0.253 e. The molecule has 0 radical (unpaired) electrons. The van der Waals surface area contributed by atoms with Gasteiger partial charge >= 0.3 is 0 Å². The number of ether oxygens (including phenoxy) is 2. The summed E-state index contributed by atoms with van der Waals surface area (Å²) in [6, 6.07) is 22.8. The van der Waals surface area contributed by atoms with Crippen molar-refractivity contribution in [1.29, 1.82) is 0 Å². The lowest BCUT2D eigenvalue weighted by Crippen LogP contribution is -2.61. The highest BCUT2D eigenvalue weighted by atomic mass is 16.5. The fraction of sp³-hybridized carbons (Fsp3) is 0.406. The molecule has 1 amide bonds. The zero-order valence-electron chi connectivity index (χ0n) is 22.2. The van der Waals surface area contributed by atoms with Gasteiger partial charge in [0.15, 0.2) is 0 Å². The highest BCUT2D eigenvalue weighted by Crippen LogP contribution is 2.51. The average Bonchev–Trinajstić information content (AvgIpc) is 2.95. The minimum absolute atomic E-state index is 0.0458. The van der Waals surface area contributed by atoms with Crippen molar-refractivity contribution in [3.05, 3.63) is 90.5 Å². The smallest absolute Gasteiger partial charge is 0.253 e. The van der Waals surface area contributed by atoms with Crippen molar-refractivity contribution in [2.24, 2.45) is 5.92 Å². The normalized spacial score (nSPS) is 25.9. The van der Waals surface area contributed by atoms with E-state index in [1.54, 1.807) is 7.11 Å². The van der Waals surface area contributed by atoms with E-state index < -0.39 is 0 Å². The van der Waals surface area contributed by atoms with Crippen molar-refractivity contribution in [3.63, 3.8) is 0 Å². The van der Waals surface area contributed by atoms with Crippen molar-refractivity contribution >= 4 is 16.7 Å². The quantitative estimate of drug-likeness (QED) is 0.401. The molecule has 1 saturated carbocycles. The number of hydrogen-bond acceptors (Lipinski definition) is 4. The zero-order chi connectivity index (χ0) is 26.0. The molecule has 1 aliphatic carbocycles. The van der Waals surface area contributed by atoms with Crippen molar-refractivity contribution in [1.82, 2.24) is 9.80 Å². The van der Waals surface area contributed by atoms with Crippen LogP contribution in [0.25, 0.3) is 10.8 Å². The molecule has 5 heteroatoms. The van der Waals surface area contributed by atoms with Gasteiger partial charge in [0.05, 0.1) is 13.2 Å². The summed E-state index contributed by atoms with van der Waals surface area (Å²) in [5, 5.41) is 2.23. The van der Waals surface area contributed by atoms with Crippen molar-refractivity contribution < 1.29 is 14.3 Å². The molecule has 4 atom stereocenters. The number of rotatable bonds is 7. The fourth-order valence-electron chi connectivity index (χ4n) is 6.76. The van der Waals surface area contributed by atoms with Crippen molar-refractivity contribution in [2.75, 3.05) is 40.9 Å². The largest absolute Gasteiger partial charge is 0.497 e. The first-order valence-corrected chi connectivity index (χ1v) is 13.3. The van der Waals surface area contributed by atoms with Crippen LogP contribution in [-0.4, -0.2) is 68.8 Å². The van der Waals surface area contributed by atoms with Crippen LogP contribution in [0.4, 0.5) is 0 Å². The highest BCUT2D eigenvalue weighted by molar-refractivity contribution is 5.98. The van der Waals surface area contributed by atoms with Crippen LogP contribution < -0.4 is 4.74 Å². The Morgan fingerprint density at radius 2 is 1.92 bits per heavy atom. The standard InChI is InChI=1S/C32H38N2O3/c1-5-16-34-17-15-32(26-11-8-12-28(19-26)36-3)21-27(20-30(37-4)29(32)22-34)33(2)31(35)25-14-13-23-9-6-7-10-24(23)18-25/h5-14,18-19,27,29-30H,1,15-17,20-22H2,2-4H3/t27-,29+,30?,32+/m1/s1. The van der Waals surface area contributed by atoms with Crippen LogP contribution in [0.15, 0.2) is 79.4 Å². The van der Waals surface area contributed by atoms with E-state index >= 15 is 0 Å². The summed E-state index contributed by atoms with van der Waals surface area (Å²) in [6.07, 6.45) is 4.77. The molecule has 5 rings (SSSR count). The number of benzene rings is 3. The third kappa shape index (κ3) is 4.78. The van der Waals surface area contributed by atoms with Crippen molar-refractivity contribution in [2.45, 2.75) is 36.8 Å². The lowest BCUT2D eigenvalue weighted by Gasteiger charge is -2.56. The van der Waals surface area contributed by atoms with Gasteiger partial charge in [-0.15, -0.1) is 6.58 Å². The summed E-state index contributed by atoms with van der Waals surface area (Å²) < 4.78 is 11.8. The van der Waals surface area contributed by atoms with E-state index in [9.17, 15) is 4.79 Å². The second-order valence-electron chi connectivity index (χ2n) is 10.6. The Hall–Kier alpha value is -3.15. The van der Waals surface area contributed by atoms with Crippen LogP contribution in [0.2, 0.25) is 0 Å². The second kappa shape index (κ2) is 10.7. The maximum atomic E-state index is 13.8. The molecule has 1 unspecified atom stereocenters. The van der Waals surface area contributed by atoms with Gasteiger partial charge in [-0.3, -0.25) is 9.69 Å². The summed E-state index contributed by atoms with van der Waals surface area (Å²) in [5.74, 6) is 1.25. The first-order valence-electron chi connectivity index (χ1n) is 13.3. The van der Waals surface area contributed by atoms with Gasteiger partial charge < -0.3 is 14.4 Å². The molecule has 37 heavy (non-hydrogen) atoms. The van der Waals surface area contributed by atoms with Crippen LogP contribution in [0.5, 0.6) is 5.75 Å². The minimum Gasteiger partial charge on any atom is -0.497 e. The van der Waals surface area contributed by atoms with E-state index in [1.165, 1.54) is 5.56 Å². The topological polar surface area (TPSA) is 42.0 Å². The molecule has 1 aliphatic heterocycles. The van der Waals surface area contributed by atoms with Crippen molar-refractivity contribution in [3.8, 4) is 5.75 Å². The maximum absolute atomic E-state index is 13.8. The molecule has 5 nitrogen and oxygen atoms in total. The van der Waals surface area contributed by atoms with E-state index in [2.05, 4.69) is 41.8 Å². The fourth-order valence-corrected chi connectivity index (χ4v) is 6.76. The van der Waals surface area contributed by atoms with Gasteiger partial charge in [-0.1, -0.05) is 48.5 Å². The summed E-state index contributed by atoms with van der Waals surface area (Å²) in [7, 11) is 5.50. The van der Waals surface area contributed by atoms with E-state index in [0.29, 0.717) is 5.92 Å². The first kappa shape index (κ1) is 25.5. The highest BCUT2D eigenvalue weighted by Gasteiger charge is 2.53. The molecule has 3 aromatic carbocycles. The Morgan fingerprint density at radius 1 is 1.11 bits per heavy atom. The predicted molar refractivity (Wildman–Crippen MR) is 149 cm³/mol. The number of piperidine rings is 1. The van der Waals surface area contributed by atoms with Crippen LogP contribution in [0, 0.1) is 5.92 Å². The predicted octanol–water partition coefficient (Wildman–Crippen LogP) is 5.54. The molecular weight excluding hydrogens is 460 g/mol. The molecular formula is C32H38N2O3. The molecule has 0 N–H and O–H groups in total. The Balaban J connectivity index is 1.50. The number of amides is 1. The number of methoxy groups -OCH3 is 2. The van der Waals surface area contributed by atoms with Gasteiger partial charge in [0, 0.05) is 50.2 Å². The van der Waals surface area contributed by atoms with Gasteiger partial charge in [0.25, 0.3) is 5.91 Å². The Bertz CT molecular complexity index is 1270. The Labute approximate surface area is 220 Å². The van der Waals surface area contributed by atoms with Gasteiger partial charge in [0.1, 0.15) is 5.75 Å². The third-order valence-electron chi connectivity index (χ3n) is 8.79. The SMILES string of the molecule is C=CCN1CC[C@@]2(c3cccc(OC)c3)C[C@H](N(C)C(=O)c3ccc4ccccc4c3)CC(OC)[C@@H]2C1. The number of nitrogens with zero attached hydrogens (tertiary/aromatic N) is 2. The Morgan fingerprint density at radius 3 is 2.68 bits per heavy atom. The van der Waals surface area contributed by atoms with E-state index in [0.717, 1.165) is 61.0 Å². The van der Waals surface area contributed by atoms with E-state index in [1.807, 2.05) is 61.5 Å². The van der Waals surface area contributed by atoms with Crippen LogP contribution in [0.3, 0.4) is 0 Å². The first-order chi connectivity index (χ1) is 18.0. The number of carbonyl (C=O) groups is 1. The lowest BCUT2D eigenvalue weighted by atomic mass is 9.56. The molecule has 2 aliphatic rings. The number of hydrogen-bond donors (Lipinski definition) is 0. The lowest BCUT2D eigenvalue weighted by molar-refractivity contribution is -0.0772. The molecule has 0 spiro atoms. The average molecular weight is 499 g/mol. The van der Waals surface area contributed by atoms with Gasteiger partial charge in [-0.25, -0.2) is 0 Å². The zero-order valence-corrected chi connectivity index (χ0v) is 22.2. The molecule has 2 fully saturated rings. The summed E-state index contributed by atoms with van der Waals surface area (Å²) in [6.45, 7) is 6.79. The molecule has 0 aromatic heterocycles. The number of carbonyl (C=O) groups excluding carboxylic acids is 1. The van der Waals surface area contributed by atoms with Crippen LogP contribution >= 0.6 is 0 Å². The minimum atomic E-state index is -0.103. The molecule has 3 aromatic rings. The van der Waals surface area contributed by atoms with Crippen LogP contribution in [-0.2, 0) is 10.2 Å². The second-order valence-corrected chi connectivity index (χ2v) is 10.6. The van der Waals surface area contributed by atoms with Gasteiger partial charge in [0.2, 0.25) is 0 Å². The number of likely N-dealkylation sites (tertiary alicyclic amines) is 1. The van der Waals surface area contributed by atoms with E-state index in [4.69, 9.17) is 9.47 Å². The molecule has 194 valence electrons. The number of fused-ring (bicyclic) bond motifs is 2. The summed E-state index contributed by atoms with van der Waals surface area (Å²) in [5.41, 5.74) is 1.91. The van der Waals surface area contributed by atoms with Gasteiger partial charge in [-0.05, 0) is 66.4 Å². The Kier molecular flexibility index (Phi) is 7.36. The summed E-state index contributed by atoms with van der Waals surface area (Å²) >= 11 is 0. The van der Waals surface area contributed by atoms with Gasteiger partial charge in [-0.2, -0.15) is 0 Å². The summed E-state index contributed by atoms with van der Waals surface area (Å²) in [4.78, 5) is 18.2. The monoisotopic (exact) mass is 498 g/mol. The van der Waals surface area contributed by atoms with Crippen LogP contribution in [0.1, 0.15) is 35.2 Å². The van der Waals surface area contributed by atoms with E-state index in [-0.39, 0.29) is 23.5 Å².